The van der Waals surface area contributed by atoms with Gasteiger partial charge in [0.05, 0.1) is 6.54 Å². The van der Waals surface area contributed by atoms with Crippen LogP contribution in [0.5, 0.6) is 0 Å². The topological polar surface area (TPSA) is 115 Å². The second-order valence-electron chi connectivity index (χ2n) is 5.57. The van der Waals surface area contributed by atoms with Gasteiger partial charge in [-0.15, -0.1) is 0 Å². The van der Waals surface area contributed by atoms with Crippen molar-refractivity contribution in [1.29, 1.82) is 0 Å². The van der Waals surface area contributed by atoms with Crippen molar-refractivity contribution in [1.82, 2.24) is 35.2 Å². The predicted octanol–water partition coefficient (Wildman–Crippen LogP) is 1.64. The predicted molar refractivity (Wildman–Crippen MR) is 81.6 cm³/mol. The van der Waals surface area contributed by atoms with Gasteiger partial charge in [-0.1, -0.05) is 37.4 Å². The lowest BCUT2D eigenvalue weighted by atomic mass is 10.2. The van der Waals surface area contributed by atoms with E-state index in [-0.39, 0.29) is 18.5 Å². The maximum atomic E-state index is 12.2. The maximum Gasteiger partial charge on any atom is 0.324 e. The molecule has 2 aromatic rings. The molecule has 0 radical (unpaired) electrons. The van der Waals surface area contributed by atoms with Gasteiger partial charge in [-0.3, -0.25) is 5.32 Å². The van der Waals surface area contributed by atoms with E-state index < -0.39 is 0 Å². The van der Waals surface area contributed by atoms with Gasteiger partial charge in [0, 0.05) is 19.5 Å². The van der Waals surface area contributed by atoms with Crippen LogP contribution in [0, 0.1) is 0 Å². The third-order valence-electron chi connectivity index (χ3n) is 3.18. The highest BCUT2D eigenvalue weighted by molar-refractivity contribution is 5.87. The lowest BCUT2D eigenvalue weighted by molar-refractivity contribution is 0.218. The van der Waals surface area contributed by atoms with Crippen molar-refractivity contribution in [3.63, 3.8) is 0 Å². The SMILES string of the molecule is CCCCn1nnnc1NC(=O)N(C)Cc1noc(C(C)C)n1. The van der Waals surface area contributed by atoms with Crippen LogP contribution in [-0.4, -0.2) is 48.3 Å². The van der Waals surface area contributed by atoms with Gasteiger partial charge in [-0.2, -0.15) is 4.98 Å². The second kappa shape index (κ2) is 7.65. The number of tetrazole rings is 1. The largest absolute Gasteiger partial charge is 0.339 e. The number of urea groups is 1. The minimum absolute atomic E-state index is 0.151. The number of aryl methyl sites for hydroxylation is 1. The molecule has 2 heterocycles. The lowest BCUT2D eigenvalue weighted by Crippen LogP contribution is -2.32. The van der Waals surface area contributed by atoms with Gasteiger partial charge in [-0.05, 0) is 16.8 Å². The Hall–Kier alpha value is -2.52. The van der Waals surface area contributed by atoms with Crippen molar-refractivity contribution in [3.8, 4) is 0 Å². The molecule has 0 spiro atoms. The van der Waals surface area contributed by atoms with Crippen molar-refractivity contribution in [2.24, 2.45) is 0 Å². The molecule has 10 nitrogen and oxygen atoms in total. The summed E-state index contributed by atoms with van der Waals surface area (Å²) in [4.78, 5) is 17.9. The molecule has 0 fully saturated rings. The van der Waals surface area contributed by atoms with Crippen LogP contribution in [0.4, 0.5) is 10.7 Å². The molecule has 0 unspecified atom stereocenters. The van der Waals surface area contributed by atoms with Crippen LogP contribution in [0.2, 0.25) is 0 Å². The fraction of sp³-hybridized carbons (Fsp3) is 0.692. The molecule has 0 atom stereocenters. The molecule has 10 heteroatoms. The molecule has 2 aromatic heterocycles. The molecule has 2 rings (SSSR count). The Morgan fingerprint density at radius 2 is 2.22 bits per heavy atom. The molecule has 0 bridgehead atoms. The van der Waals surface area contributed by atoms with Crippen molar-refractivity contribution < 1.29 is 9.32 Å². The molecule has 0 aromatic carbocycles. The van der Waals surface area contributed by atoms with E-state index in [0.29, 0.717) is 24.2 Å². The van der Waals surface area contributed by atoms with Crippen LogP contribution in [0.1, 0.15) is 51.2 Å². The van der Waals surface area contributed by atoms with Gasteiger partial charge in [0.15, 0.2) is 5.82 Å². The van der Waals surface area contributed by atoms with Gasteiger partial charge < -0.3 is 9.42 Å². The molecule has 0 aliphatic heterocycles. The maximum absolute atomic E-state index is 12.2. The average Bonchev–Trinajstić information content (AvgIpc) is 3.14. The van der Waals surface area contributed by atoms with E-state index in [0.717, 1.165) is 12.8 Å². The Kier molecular flexibility index (Phi) is 5.61. The Morgan fingerprint density at radius 3 is 2.87 bits per heavy atom. The van der Waals surface area contributed by atoms with E-state index >= 15 is 0 Å². The zero-order chi connectivity index (χ0) is 16.8. The number of hydrogen-bond donors (Lipinski definition) is 1. The molecule has 126 valence electrons. The summed E-state index contributed by atoms with van der Waals surface area (Å²) in [6.45, 7) is 6.89. The summed E-state index contributed by atoms with van der Waals surface area (Å²) < 4.78 is 6.69. The number of rotatable bonds is 7. The summed E-state index contributed by atoms with van der Waals surface area (Å²) in [5.41, 5.74) is 0. The van der Waals surface area contributed by atoms with E-state index in [1.807, 2.05) is 13.8 Å². The minimum atomic E-state index is -0.339. The molecule has 2 amide bonds. The first-order valence-corrected chi connectivity index (χ1v) is 7.62. The van der Waals surface area contributed by atoms with E-state index in [2.05, 4.69) is 37.9 Å². The van der Waals surface area contributed by atoms with Crippen molar-refractivity contribution in [3.05, 3.63) is 11.7 Å². The van der Waals surface area contributed by atoms with Gasteiger partial charge >= 0.3 is 6.03 Å². The molecule has 0 aliphatic carbocycles. The quantitative estimate of drug-likeness (QED) is 0.824. The van der Waals surface area contributed by atoms with Crippen LogP contribution in [0.3, 0.4) is 0 Å². The monoisotopic (exact) mass is 322 g/mol. The second-order valence-corrected chi connectivity index (χ2v) is 5.57. The number of aromatic nitrogens is 6. The van der Waals surface area contributed by atoms with Crippen LogP contribution in [0.25, 0.3) is 0 Å². The molecular weight excluding hydrogens is 300 g/mol. The normalized spacial score (nSPS) is 11.0. The zero-order valence-corrected chi connectivity index (χ0v) is 13.9. The Balaban J connectivity index is 1.93. The summed E-state index contributed by atoms with van der Waals surface area (Å²) in [6, 6.07) is -0.339. The first-order chi connectivity index (χ1) is 11.0. The third-order valence-corrected chi connectivity index (χ3v) is 3.18. The van der Waals surface area contributed by atoms with Gasteiger partial charge in [0.25, 0.3) is 5.95 Å². The fourth-order valence-corrected chi connectivity index (χ4v) is 1.79. The molecule has 0 aliphatic rings. The standard InChI is InChI=1S/C13H22N8O2/c1-5-6-7-21-12(16-18-19-21)15-13(22)20(4)8-10-14-11(9(2)3)23-17-10/h9H,5-8H2,1-4H3,(H,15,16,19,22). The Labute approximate surface area is 134 Å². The first kappa shape index (κ1) is 16.8. The highest BCUT2D eigenvalue weighted by Crippen LogP contribution is 2.12. The highest BCUT2D eigenvalue weighted by Gasteiger charge is 2.17. The summed E-state index contributed by atoms with van der Waals surface area (Å²) in [5.74, 6) is 1.49. The van der Waals surface area contributed by atoms with E-state index in [1.54, 1.807) is 11.7 Å². The fourth-order valence-electron chi connectivity index (χ4n) is 1.79. The molecular formula is C13H22N8O2. The number of unbranched alkanes of at least 4 members (excludes halogenated alkanes) is 1. The molecule has 23 heavy (non-hydrogen) atoms. The number of nitrogens with zero attached hydrogens (tertiary/aromatic N) is 7. The molecule has 0 saturated carbocycles. The Bertz CT molecular complexity index is 635. The number of amides is 2. The van der Waals surface area contributed by atoms with Crippen molar-refractivity contribution >= 4 is 12.0 Å². The summed E-state index contributed by atoms with van der Waals surface area (Å²) >= 11 is 0. The average molecular weight is 322 g/mol. The summed E-state index contributed by atoms with van der Waals surface area (Å²) in [6.07, 6.45) is 1.95. The van der Waals surface area contributed by atoms with Crippen molar-refractivity contribution in [2.75, 3.05) is 12.4 Å². The highest BCUT2D eigenvalue weighted by atomic mass is 16.5. The summed E-state index contributed by atoms with van der Waals surface area (Å²) in [5, 5.41) is 17.8. The van der Waals surface area contributed by atoms with E-state index in [9.17, 15) is 4.79 Å². The molecule has 0 saturated heterocycles. The van der Waals surface area contributed by atoms with E-state index in [4.69, 9.17) is 4.52 Å². The third kappa shape index (κ3) is 4.47. The number of carbonyl (C=O) groups is 1. The van der Waals surface area contributed by atoms with Crippen LogP contribution in [-0.2, 0) is 13.1 Å². The van der Waals surface area contributed by atoms with E-state index in [1.165, 1.54) is 4.90 Å². The number of anilines is 1. The van der Waals surface area contributed by atoms with Gasteiger partial charge in [-0.25, -0.2) is 9.48 Å². The molecule has 1 N–H and O–H groups in total. The van der Waals surface area contributed by atoms with Gasteiger partial charge in [0.2, 0.25) is 5.89 Å². The number of hydrogen-bond acceptors (Lipinski definition) is 7. The van der Waals surface area contributed by atoms with Crippen LogP contribution in [0.15, 0.2) is 4.52 Å². The number of carbonyl (C=O) groups excluding carboxylic acids is 1. The van der Waals surface area contributed by atoms with Gasteiger partial charge in [0.1, 0.15) is 0 Å². The van der Waals surface area contributed by atoms with Crippen molar-refractivity contribution in [2.45, 2.75) is 52.6 Å². The zero-order valence-electron chi connectivity index (χ0n) is 13.9. The van der Waals surface area contributed by atoms with Crippen LogP contribution < -0.4 is 5.32 Å². The Morgan fingerprint density at radius 1 is 1.43 bits per heavy atom. The summed E-state index contributed by atoms with van der Waals surface area (Å²) in [7, 11) is 1.64. The van der Waals surface area contributed by atoms with Crippen LogP contribution >= 0.6 is 0 Å². The first-order valence-electron chi connectivity index (χ1n) is 7.62. The lowest BCUT2D eigenvalue weighted by Gasteiger charge is -2.15. The smallest absolute Gasteiger partial charge is 0.324 e. The minimum Gasteiger partial charge on any atom is -0.339 e. The number of nitrogens with one attached hydrogen (secondary N) is 1.